The van der Waals surface area contributed by atoms with Gasteiger partial charge in [0.05, 0.1) is 29.1 Å². The summed E-state index contributed by atoms with van der Waals surface area (Å²) in [4.78, 5) is 19.5. The average Bonchev–Trinajstić information content (AvgIpc) is 3.31. The number of hydrogen-bond donors (Lipinski definition) is 2. The van der Waals surface area contributed by atoms with Crippen LogP contribution in [0.25, 0.3) is 11.0 Å². The fourth-order valence-electron chi connectivity index (χ4n) is 6.00. The number of aromatic nitrogens is 2. The lowest BCUT2D eigenvalue weighted by Crippen LogP contribution is -2.47. The van der Waals surface area contributed by atoms with Crippen molar-refractivity contribution in [1.82, 2.24) is 14.5 Å². The number of amides is 1. The van der Waals surface area contributed by atoms with Crippen molar-refractivity contribution < 1.29 is 9.90 Å². The van der Waals surface area contributed by atoms with Crippen molar-refractivity contribution in [3.63, 3.8) is 0 Å². The fourth-order valence-corrected chi connectivity index (χ4v) is 6.00. The maximum absolute atomic E-state index is 12.3. The molecule has 2 heterocycles. The molecule has 1 aromatic heterocycles. The van der Waals surface area contributed by atoms with Crippen molar-refractivity contribution in [2.75, 3.05) is 19.6 Å². The van der Waals surface area contributed by atoms with Crippen LogP contribution < -0.4 is 5.73 Å². The molecule has 1 fully saturated rings. The molecule has 0 radical (unpaired) electrons. The van der Waals surface area contributed by atoms with Gasteiger partial charge in [0.2, 0.25) is 5.91 Å². The van der Waals surface area contributed by atoms with E-state index in [1.807, 2.05) is 18.2 Å². The number of β-amino-alcohol motifs (C(OH)–C–C–N with tert-alkyl or cyclic N) is 1. The van der Waals surface area contributed by atoms with Crippen LogP contribution in [0.4, 0.5) is 0 Å². The van der Waals surface area contributed by atoms with Gasteiger partial charge in [-0.25, -0.2) is 4.98 Å². The molecule has 3 aromatic rings. The van der Waals surface area contributed by atoms with Gasteiger partial charge in [0.25, 0.3) is 0 Å². The second kappa shape index (κ2) is 8.58. The van der Waals surface area contributed by atoms with E-state index in [0.29, 0.717) is 6.54 Å². The summed E-state index contributed by atoms with van der Waals surface area (Å²) >= 11 is 0. The van der Waals surface area contributed by atoms with Gasteiger partial charge in [0.1, 0.15) is 5.82 Å². The Labute approximate surface area is 195 Å². The van der Waals surface area contributed by atoms with Crippen molar-refractivity contribution >= 4 is 16.9 Å². The van der Waals surface area contributed by atoms with E-state index in [-0.39, 0.29) is 29.7 Å². The number of piperidine rings is 1. The first-order valence-electron chi connectivity index (χ1n) is 12.1. The number of aliphatic hydroxyl groups is 1. The van der Waals surface area contributed by atoms with Gasteiger partial charge in [-0.2, -0.15) is 0 Å². The number of aryl methyl sites for hydroxylation is 1. The molecule has 6 nitrogen and oxygen atoms in total. The van der Waals surface area contributed by atoms with E-state index >= 15 is 0 Å². The van der Waals surface area contributed by atoms with E-state index in [4.69, 9.17) is 10.7 Å². The van der Waals surface area contributed by atoms with Crippen molar-refractivity contribution in [3.8, 4) is 0 Å². The molecule has 0 spiro atoms. The summed E-state index contributed by atoms with van der Waals surface area (Å²) in [5.74, 6) is 0.975. The number of carbonyl (C=O) groups is 1. The predicted molar refractivity (Wildman–Crippen MR) is 130 cm³/mol. The largest absolute Gasteiger partial charge is 0.390 e. The minimum Gasteiger partial charge on any atom is -0.390 e. The first-order chi connectivity index (χ1) is 15.8. The number of fused-ring (bicyclic) bond motifs is 2. The second-order valence-corrected chi connectivity index (χ2v) is 10.2. The summed E-state index contributed by atoms with van der Waals surface area (Å²) in [6.07, 6.45) is 1.22. The van der Waals surface area contributed by atoms with Crippen LogP contribution in [0, 0.1) is 12.8 Å². The second-order valence-electron chi connectivity index (χ2n) is 10.2. The molecule has 33 heavy (non-hydrogen) atoms. The first kappa shape index (κ1) is 22.1. The lowest BCUT2D eigenvalue weighted by atomic mass is 9.90. The number of nitrogens with two attached hydrogens (primary N) is 1. The van der Waals surface area contributed by atoms with E-state index < -0.39 is 6.10 Å². The van der Waals surface area contributed by atoms with Gasteiger partial charge in [0, 0.05) is 25.6 Å². The SMILES string of the molecule is Cc1ccc2c(c1)nc(C(C)C)n2[C@@H]1CCN(CC2Cc3ccccc3C2C(N)=O)C[C@H]1O. The first-order valence-corrected chi connectivity index (χ1v) is 12.1. The minimum absolute atomic E-state index is 0.000862. The molecule has 5 rings (SSSR count). The number of imidazole rings is 1. The highest BCUT2D eigenvalue weighted by Crippen LogP contribution is 2.39. The molecule has 1 amide bonds. The molecule has 0 bridgehead atoms. The number of rotatable bonds is 5. The van der Waals surface area contributed by atoms with Gasteiger partial charge in [-0.3, -0.25) is 4.79 Å². The van der Waals surface area contributed by atoms with Crippen molar-refractivity contribution in [3.05, 3.63) is 65.0 Å². The molecule has 3 N–H and O–H groups in total. The normalized spacial score (nSPS) is 25.6. The molecule has 174 valence electrons. The monoisotopic (exact) mass is 446 g/mol. The number of nitrogens with zero attached hydrogens (tertiary/aromatic N) is 3. The van der Waals surface area contributed by atoms with Crippen LogP contribution in [0.1, 0.15) is 60.7 Å². The van der Waals surface area contributed by atoms with Crippen LogP contribution in [0.2, 0.25) is 0 Å². The van der Waals surface area contributed by atoms with Crippen LogP contribution in [-0.2, 0) is 11.2 Å². The van der Waals surface area contributed by atoms with E-state index in [9.17, 15) is 9.90 Å². The molecule has 4 atom stereocenters. The molecule has 1 aliphatic heterocycles. The number of benzene rings is 2. The summed E-state index contributed by atoms with van der Waals surface area (Å²) in [5.41, 5.74) is 11.4. The number of hydrogen-bond acceptors (Lipinski definition) is 4. The maximum atomic E-state index is 12.3. The molecule has 6 heteroatoms. The van der Waals surface area contributed by atoms with Gasteiger partial charge in [-0.1, -0.05) is 44.2 Å². The third-order valence-corrected chi connectivity index (χ3v) is 7.49. The Morgan fingerprint density at radius 1 is 1.24 bits per heavy atom. The van der Waals surface area contributed by atoms with Crippen LogP contribution in [0.15, 0.2) is 42.5 Å². The summed E-state index contributed by atoms with van der Waals surface area (Å²) in [7, 11) is 0. The number of likely N-dealkylation sites (tertiary alicyclic amines) is 1. The third-order valence-electron chi connectivity index (χ3n) is 7.49. The Balaban J connectivity index is 1.35. The number of primary amides is 1. The van der Waals surface area contributed by atoms with E-state index in [0.717, 1.165) is 48.4 Å². The number of carbonyl (C=O) groups excluding carboxylic acids is 1. The molecule has 1 saturated heterocycles. The van der Waals surface area contributed by atoms with Crippen LogP contribution >= 0.6 is 0 Å². The summed E-state index contributed by atoms with van der Waals surface area (Å²) in [6, 6.07) is 14.5. The van der Waals surface area contributed by atoms with E-state index in [1.54, 1.807) is 0 Å². The highest BCUT2D eigenvalue weighted by Gasteiger charge is 2.39. The predicted octanol–water partition coefficient (Wildman–Crippen LogP) is 3.52. The van der Waals surface area contributed by atoms with Crippen LogP contribution in [0.5, 0.6) is 0 Å². The zero-order valence-electron chi connectivity index (χ0n) is 19.7. The lowest BCUT2D eigenvalue weighted by molar-refractivity contribution is -0.120. The Kier molecular flexibility index (Phi) is 5.75. The summed E-state index contributed by atoms with van der Waals surface area (Å²) < 4.78 is 2.28. The molecule has 1 aliphatic carbocycles. The molecular weight excluding hydrogens is 412 g/mol. The van der Waals surface area contributed by atoms with Gasteiger partial charge in [0.15, 0.2) is 0 Å². The lowest BCUT2D eigenvalue weighted by Gasteiger charge is -2.39. The zero-order chi connectivity index (χ0) is 23.3. The summed E-state index contributed by atoms with van der Waals surface area (Å²) in [5, 5.41) is 11.3. The Morgan fingerprint density at radius 3 is 2.76 bits per heavy atom. The van der Waals surface area contributed by atoms with Gasteiger partial charge in [-0.15, -0.1) is 0 Å². The molecular formula is C27H34N4O2. The quantitative estimate of drug-likeness (QED) is 0.628. The van der Waals surface area contributed by atoms with Crippen molar-refractivity contribution in [2.24, 2.45) is 11.7 Å². The van der Waals surface area contributed by atoms with Gasteiger partial charge >= 0.3 is 0 Å². The smallest absolute Gasteiger partial charge is 0.225 e. The van der Waals surface area contributed by atoms with E-state index in [1.165, 1.54) is 11.1 Å². The highest BCUT2D eigenvalue weighted by atomic mass is 16.3. The molecule has 2 aliphatic rings. The molecule has 0 saturated carbocycles. The standard InChI is InChI=1S/C27H34N4O2/c1-16(2)27-29-21-12-17(3)8-9-22(21)31(27)23-10-11-30(15-24(23)32)14-19-13-18-6-4-5-7-20(18)25(19)26(28)33/h4-9,12,16,19,23-25,32H,10-11,13-15H2,1-3H3,(H2,28,33)/t19?,23-,24-,25?/m1/s1. The Bertz CT molecular complexity index is 1180. The molecule has 2 aromatic carbocycles. The minimum atomic E-state index is -0.495. The van der Waals surface area contributed by atoms with Crippen LogP contribution in [-0.4, -0.2) is 51.2 Å². The third kappa shape index (κ3) is 3.96. The number of aliphatic hydroxyl groups excluding tert-OH is 1. The average molecular weight is 447 g/mol. The van der Waals surface area contributed by atoms with Crippen molar-refractivity contribution in [2.45, 2.75) is 57.6 Å². The fraction of sp³-hybridized carbons (Fsp3) is 0.481. The Morgan fingerprint density at radius 2 is 2.03 bits per heavy atom. The zero-order valence-corrected chi connectivity index (χ0v) is 19.7. The maximum Gasteiger partial charge on any atom is 0.225 e. The van der Waals surface area contributed by atoms with Crippen LogP contribution in [0.3, 0.4) is 0 Å². The Hall–Kier alpha value is -2.70. The summed E-state index contributed by atoms with van der Waals surface area (Å²) in [6.45, 7) is 8.64. The topological polar surface area (TPSA) is 84.4 Å². The van der Waals surface area contributed by atoms with Gasteiger partial charge < -0.3 is 20.3 Å². The van der Waals surface area contributed by atoms with Crippen molar-refractivity contribution in [1.29, 1.82) is 0 Å². The highest BCUT2D eigenvalue weighted by molar-refractivity contribution is 5.84. The van der Waals surface area contributed by atoms with Gasteiger partial charge in [-0.05, 0) is 54.5 Å². The molecule has 2 unspecified atom stereocenters. The van der Waals surface area contributed by atoms with E-state index in [2.05, 4.69) is 54.5 Å².